The number of carboxylic acids is 1. The lowest BCUT2D eigenvalue weighted by Crippen LogP contribution is -2.45. The molecule has 0 spiro atoms. The van der Waals surface area contributed by atoms with Gasteiger partial charge in [0.15, 0.2) is 0 Å². The summed E-state index contributed by atoms with van der Waals surface area (Å²) in [5.41, 5.74) is 7.34. The summed E-state index contributed by atoms with van der Waals surface area (Å²) in [7, 11) is 2.00. The second-order valence-electron chi connectivity index (χ2n) is 7.41. The summed E-state index contributed by atoms with van der Waals surface area (Å²) in [6.45, 7) is 1.07. The number of halogens is 1. The van der Waals surface area contributed by atoms with Gasteiger partial charge in [-0.2, -0.15) is 0 Å². The average molecular weight is 373 g/mol. The highest BCUT2D eigenvalue weighted by Crippen LogP contribution is 2.48. The number of carbonyl (C=O) groups is 1. The predicted octanol–water partition coefficient (Wildman–Crippen LogP) is 2.11. The Hall–Kier alpha value is -2.38. The topological polar surface area (TPSA) is 73.8 Å². The van der Waals surface area contributed by atoms with E-state index >= 15 is 0 Å². The summed E-state index contributed by atoms with van der Waals surface area (Å²) in [6, 6.07) is 5.72. The number of likely N-dealkylation sites (N-methyl/N-ethyl adjacent to an activating group) is 1. The van der Waals surface area contributed by atoms with Gasteiger partial charge in [0.1, 0.15) is 18.2 Å². The van der Waals surface area contributed by atoms with Crippen molar-refractivity contribution >= 4 is 5.97 Å². The van der Waals surface area contributed by atoms with Crippen molar-refractivity contribution in [3.63, 3.8) is 0 Å². The first-order valence-corrected chi connectivity index (χ1v) is 9.28. The third-order valence-electron chi connectivity index (χ3n) is 5.55. The molecule has 1 aromatic rings. The molecule has 0 bridgehead atoms. The van der Waals surface area contributed by atoms with Gasteiger partial charge in [-0.1, -0.05) is 24.3 Å². The van der Waals surface area contributed by atoms with Crippen molar-refractivity contribution in [1.29, 1.82) is 0 Å². The van der Waals surface area contributed by atoms with Gasteiger partial charge in [-0.05, 0) is 24.5 Å². The monoisotopic (exact) mass is 373 g/mol. The number of aliphatic carboxylic acids is 1. The van der Waals surface area contributed by atoms with Crippen LogP contribution in [0.5, 0.6) is 0 Å². The van der Waals surface area contributed by atoms with Crippen LogP contribution in [0.3, 0.4) is 0 Å². The molecule has 0 amide bonds. The first kappa shape index (κ1) is 18.0. The Kier molecular flexibility index (Phi) is 4.88. The number of benzene rings is 1. The van der Waals surface area contributed by atoms with Crippen molar-refractivity contribution in [2.75, 3.05) is 13.6 Å². The van der Waals surface area contributed by atoms with Crippen LogP contribution < -0.4 is 10.9 Å². The maximum absolute atomic E-state index is 14.8. The molecule has 0 radical (unpaired) electrons. The molecule has 0 aromatic heterocycles. The zero-order chi connectivity index (χ0) is 19.0. The first-order valence-electron chi connectivity index (χ1n) is 9.28. The lowest BCUT2D eigenvalue weighted by molar-refractivity contribution is -0.138. The minimum atomic E-state index is -0.858. The molecule has 4 rings (SSSR count). The number of carboxylic acid groups (broad SMARTS) is 1. The summed E-state index contributed by atoms with van der Waals surface area (Å²) < 4.78 is 20.6. The lowest BCUT2D eigenvalue weighted by Gasteiger charge is -2.32. The summed E-state index contributed by atoms with van der Waals surface area (Å²) in [4.78, 5) is 13.1. The van der Waals surface area contributed by atoms with Crippen LogP contribution in [0.1, 0.15) is 29.9 Å². The highest BCUT2D eigenvalue weighted by molar-refractivity contribution is 5.75. The molecule has 2 heterocycles. The van der Waals surface area contributed by atoms with E-state index in [0.29, 0.717) is 29.3 Å². The molecule has 144 valence electrons. The molecule has 2 fully saturated rings. The second kappa shape index (κ2) is 7.32. The van der Waals surface area contributed by atoms with Crippen molar-refractivity contribution in [1.82, 2.24) is 15.8 Å². The van der Waals surface area contributed by atoms with Gasteiger partial charge >= 0.3 is 5.97 Å². The van der Waals surface area contributed by atoms with Gasteiger partial charge in [0.25, 0.3) is 0 Å². The SMILES string of the molecule is CN1C=C(OCc2cccc(C3CC3C(=O)O)c2F)C=CC1C1CCNN1. The number of nitrogens with one attached hydrogen (secondary N) is 2. The van der Waals surface area contributed by atoms with E-state index in [4.69, 9.17) is 9.84 Å². The van der Waals surface area contributed by atoms with Crippen LogP contribution in [-0.2, 0) is 16.1 Å². The number of allylic oxidation sites excluding steroid dienone is 1. The Morgan fingerprint density at radius 2 is 2.30 bits per heavy atom. The fourth-order valence-electron chi connectivity index (χ4n) is 3.89. The Morgan fingerprint density at radius 3 is 2.96 bits per heavy atom. The normalized spacial score (nSPS) is 29.6. The quantitative estimate of drug-likeness (QED) is 0.709. The number of hydrogen-bond acceptors (Lipinski definition) is 5. The molecule has 27 heavy (non-hydrogen) atoms. The molecule has 4 atom stereocenters. The maximum atomic E-state index is 14.8. The van der Waals surface area contributed by atoms with E-state index in [1.165, 1.54) is 0 Å². The Bertz CT molecular complexity index is 789. The number of ether oxygens (including phenoxy) is 1. The van der Waals surface area contributed by atoms with E-state index in [1.54, 1.807) is 18.2 Å². The minimum absolute atomic E-state index is 0.113. The average Bonchev–Trinajstić information content (AvgIpc) is 3.27. The summed E-state index contributed by atoms with van der Waals surface area (Å²) >= 11 is 0. The van der Waals surface area contributed by atoms with Gasteiger partial charge in [-0.3, -0.25) is 15.6 Å². The van der Waals surface area contributed by atoms with Crippen LogP contribution in [0.4, 0.5) is 4.39 Å². The lowest BCUT2D eigenvalue weighted by atomic mass is 10.0. The smallest absolute Gasteiger partial charge is 0.307 e. The van der Waals surface area contributed by atoms with Crippen LogP contribution in [-0.4, -0.2) is 41.7 Å². The van der Waals surface area contributed by atoms with Gasteiger partial charge in [0.2, 0.25) is 0 Å². The molecule has 1 saturated carbocycles. The molecule has 1 aromatic carbocycles. The van der Waals surface area contributed by atoms with E-state index < -0.39 is 11.9 Å². The van der Waals surface area contributed by atoms with Crippen LogP contribution in [0, 0.1) is 11.7 Å². The molecule has 4 unspecified atom stereocenters. The molecule has 2 aliphatic heterocycles. The number of rotatable bonds is 6. The van der Waals surface area contributed by atoms with Crippen molar-refractivity contribution < 1.29 is 19.0 Å². The highest BCUT2D eigenvalue weighted by atomic mass is 19.1. The Balaban J connectivity index is 1.39. The molecule has 6 nitrogen and oxygen atoms in total. The fourth-order valence-corrected chi connectivity index (χ4v) is 3.89. The molecule has 7 heteroatoms. The first-order chi connectivity index (χ1) is 13.0. The van der Waals surface area contributed by atoms with Crippen molar-refractivity contribution in [3.8, 4) is 0 Å². The predicted molar refractivity (Wildman–Crippen MR) is 98.0 cm³/mol. The maximum Gasteiger partial charge on any atom is 0.307 e. The van der Waals surface area contributed by atoms with Gasteiger partial charge < -0.3 is 14.7 Å². The summed E-state index contributed by atoms with van der Waals surface area (Å²) in [5.74, 6) is -1.22. The largest absolute Gasteiger partial charge is 0.487 e. The van der Waals surface area contributed by atoms with E-state index in [-0.39, 0.29) is 24.4 Å². The summed E-state index contributed by atoms with van der Waals surface area (Å²) in [5, 5.41) is 9.07. The Morgan fingerprint density at radius 1 is 1.44 bits per heavy atom. The zero-order valence-corrected chi connectivity index (χ0v) is 15.2. The summed E-state index contributed by atoms with van der Waals surface area (Å²) in [6.07, 6.45) is 7.50. The zero-order valence-electron chi connectivity index (χ0n) is 15.2. The van der Waals surface area contributed by atoms with E-state index in [2.05, 4.69) is 21.8 Å². The molecular weight excluding hydrogens is 349 g/mol. The fraction of sp³-hybridized carbons (Fsp3) is 0.450. The van der Waals surface area contributed by atoms with E-state index in [0.717, 1.165) is 13.0 Å². The van der Waals surface area contributed by atoms with Gasteiger partial charge in [0, 0.05) is 37.3 Å². The van der Waals surface area contributed by atoms with Crippen LogP contribution in [0.15, 0.2) is 42.3 Å². The molecular formula is C20H24FN3O3. The van der Waals surface area contributed by atoms with Crippen LogP contribution >= 0.6 is 0 Å². The molecule has 1 saturated heterocycles. The van der Waals surface area contributed by atoms with Gasteiger partial charge in [0.05, 0.1) is 12.0 Å². The van der Waals surface area contributed by atoms with Gasteiger partial charge in [-0.25, -0.2) is 4.39 Å². The third kappa shape index (κ3) is 3.70. The van der Waals surface area contributed by atoms with Gasteiger partial charge in [-0.15, -0.1) is 0 Å². The van der Waals surface area contributed by atoms with E-state index in [9.17, 15) is 9.18 Å². The van der Waals surface area contributed by atoms with E-state index in [1.807, 2.05) is 19.3 Å². The molecule has 3 aliphatic rings. The van der Waals surface area contributed by atoms with Crippen LogP contribution in [0.2, 0.25) is 0 Å². The molecule has 1 aliphatic carbocycles. The van der Waals surface area contributed by atoms with Crippen molar-refractivity contribution in [3.05, 3.63) is 59.3 Å². The van der Waals surface area contributed by atoms with Crippen molar-refractivity contribution in [2.24, 2.45) is 5.92 Å². The Labute approximate surface area is 157 Å². The molecule has 3 N–H and O–H groups in total. The number of hydrazine groups is 1. The van der Waals surface area contributed by atoms with Crippen molar-refractivity contribution in [2.45, 2.75) is 37.5 Å². The van der Waals surface area contributed by atoms with Crippen LogP contribution in [0.25, 0.3) is 0 Å². The highest BCUT2D eigenvalue weighted by Gasteiger charge is 2.45. The second-order valence-corrected chi connectivity index (χ2v) is 7.41. The minimum Gasteiger partial charge on any atom is -0.487 e. The third-order valence-corrected chi connectivity index (χ3v) is 5.55. The number of hydrogen-bond donors (Lipinski definition) is 3. The standard InChI is InChI=1S/C20H24FN3O3/c1-24-10-13(5-6-18(24)17-7-8-22-23-17)27-11-12-3-2-4-14(19(12)21)15-9-16(15)20(25)26/h2-6,10,15-18,22-23H,7-9,11H2,1H3,(H,25,26). The number of nitrogens with zero attached hydrogens (tertiary/aromatic N) is 1.